The molecule has 1 fully saturated rings. The van der Waals surface area contributed by atoms with E-state index in [0.29, 0.717) is 12.3 Å². The van der Waals surface area contributed by atoms with E-state index in [1.807, 2.05) is 0 Å². The molecule has 1 N–H and O–H groups in total. The molecule has 130 valence electrons. The summed E-state index contributed by atoms with van der Waals surface area (Å²) in [6.07, 6.45) is 4.47. The average Bonchev–Trinajstić information content (AvgIpc) is 3.22. The normalized spacial score (nSPS) is 17.9. The van der Waals surface area contributed by atoms with Gasteiger partial charge in [-0.15, -0.1) is 0 Å². The maximum absolute atomic E-state index is 12.2. The fourth-order valence-electron chi connectivity index (χ4n) is 2.73. The molecule has 0 bridgehead atoms. The molecule has 0 spiro atoms. The van der Waals surface area contributed by atoms with Crippen molar-refractivity contribution in [2.45, 2.75) is 25.3 Å². The van der Waals surface area contributed by atoms with Gasteiger partial charge in [0, 0.05) is 57.4 Å². The number of aromatic nitrogens is 4. The van der Waals surface area contributed by atoms with Crippen LogP contribution in [0.15, 0.2) is 12.3 Å². The van der Waals surface area contributed by atoms with Crippen molar-refractivity contribution < 1.29 is 9.53 Å². The molecule has 1 amide bonds. The minimum atomic E-state index is -0.125. The molecule has 1 atom stereocenters. The zero-order valence-electron chi connectivity index (χ0n) is 13.9. The second-order valence-electron chi connectivity index (χ2n) is 5.87. The van der Waals surface area contributed by atoms with Crippen molar-refractivity contribution in [1.29, 1.82) is 0 Å². The Labute approximate surface area is 145 Å². The van der Waals surface area contributed by atoms with E-state index in [9.17, 15) is 4.79 Å². The predicted molar refractivity (Wildman–Crippen MR) is 91.4 cm³/mol. The number of aryl methyl sites for hydroxylation is 1. The number of nitrogens with zero attached hydrogens (tertiary/aromatic N) is 5. The SMILES string of the molecule is COCCc1nsc(N2CCCC(NC(=O)c3ccn(C)n3)C2)n1. The Morgan fingerprint density at radius 1 is 1.54 bits per heavy atom. The molecule has 3 heterocycles. The first-order valence-electron chi connectivity index (χ1n) is 8.02. The third kappa shape index (κ3) is 4.09. The zero-order valence-corrected chi connectivity index (χ0v) is 14.8. The van der Waals surface area contributed by atoms with Gasteiger partial charge < -0.3 is 15.0 Å². The van der Waals surface area contributed by atoms with Crippen molar-refractivity contribution in [3.63, 3.8) is 0 Å². The molecule has 1 saturated heterocycles. The van der Waals surface area contributed by atoms with Crippen LogP contribution in [0.1, 0.15) is 29.2 Å². The summed E-state index contributed by atoms with van der Waals surface area (Å²) < 4.78 is 11.1. The fraction of sp³-hybridized carbons (Fsp3) is 0.600. The summed E-state index contributed by atoms with van der Waals surface area (Å²) in [7, 11) is 3.47. The molecule has 8 nitrogen and oxygen atoms in total. The number of nitrogens with one attached hydrogen (secondary N) is 1. The van der Waals surface area contributed by atoms with E-state index in [4.69, 9.17) is 4.74 Å². The van der Waals surface area contributed by atoms with E-state index >= 15 is 0 Å². The average molecular weight is 350 g/mol. The Kier molecular flexibility index (Phi) is 5.41. The van der Waals surface area contributed by atoms with Gasteiger partial charge in [0.25, 0.3) is 5.91 Å². The van der Waals surface area contributed by atoms with E-state index in [0.717, 1.165) is 43.3 Å². The zero-order chi connectivity index (χ0) is 16.9. The van der Waals surface area contributed by atoms with E-state index in [1.165, 1.54) is 11.5 Å². The third-order valence-electron chi connectivity index (χ3n) is 3.96. The lowest BCUT2D eigenvalue weighted by atomic mass is 10.1. The van der Waals surface area contributed by atoms with E-state index in [2.05, 4.69) is 24.7 Å². The smallest absolute Gasteiger partial charge is 0.272 e. The van der Waals surface area contributed by atoms with Crippen molar-refractivity contribution in [1.82, 2.24) is 24.5 Å². The Morgan fingerprint density at radius 2 is 2.42 bits per heavy atom. The molecule has 1 aliphatic heterocycles. The lowest BCUT2D eigenvalue weighted by Crippen LogP contribution is -2.48. The van der Waals surface area contributed by atoms with Gasteiger partial charge in [0.1, 0.15) is 11.5 Å². The van der Waals surface area contributed by atoms with Crippen LogP contribution >= 0.6 is 11.5 Å². The van der Waals surface area contributed by atoms with Crippen LogP contribution in [-0.2, 0) is 18.2 Å². The molecule has 0 aliphatic carbocycles. The van der Waals surface area contributed by atoms with Gasteiger partial charge in [-0.2, -0.15) is 9.47 Å². The number of amides is 1. The van der Waals surface area contributed by atoms with Crippen LogP contribution in [0.5, 0.6) is 0 Å². The second kappa shape index (κ2) is 7.71. The third-order valence-corrected chi connectivity index (χ3v) is 4.78. The highest BCUT2D eigenvalue weighted by Gasteiger charge is 2.24. The molecule has 0 radical (unpaired) electrons. The number of carbonyl (C=O) groups is 1. The topological polar surface area (TPSA) is 85.2 Å². The van der Waals surface area contributed by atoms with Crippen molar-refractivity contribution >= 4 is 22.6 Å². The molecule has 1 unspecified atom stereocenters. The molecular formula is C15H22N6O2S. The summed E-state index contributed by atoms with van der Waals surface area (Å²) in [4.78, 5) is 19.0. The molecule has 2 aromatic heterocycles. The molecule has 0 saturated carbocycles. The Morgan fingerprint density at radius 3 is 3.17 bits per heavy atom. The van der Waals surface area contributed by atoms with Crippen LogP contribution in [0.3, 0.4) is 0 Å². The second-order valence-corrected chi connectivity index (χ2v) is 6.60. The van der Waals surface area contributed by atoms with Gasteiger partial charge in [-0.3, -0.25) is 9.48 Å². The number of rotatable bonds is 6. The maximum Gasteiger partial charge on any atom is 0.272 e. The van der Waals surface area contributed by atoms with Crippen LogP contribution in [0, 0.1) is 0 Å². The predicted octanol–water partition coefficient (Wildman–Crippen LogP) is 0.859. The van der Waals surface area contributed by atoms with Gasteiger partial charge in [-0.25, -0.2) is 4.98 Å². The number of methoxy groups -OCH3 is 1. The Hall–Kier alpha value is -2.00. The molecule has 1 aliphatic rings. The van der Waals surface area contributed by atoms with Gasteiger partial charge >= 0.3 is 0 Å². The lowest BCUT2D eigenvalue weighted by Gasteiger charge is -2.32. The van der Waals surface area contributed by atoms with Gasteiger partial charge in [0.05, 0.1) is 6.61 Å². The summed E-state index contributed by atoms with van der Waals surface area (Å²) in [5.41, 5.74) is 0.451. The van der Waals surface area contributed by atoms with E-state index in [1.54, 1.807) is 31.1 Å². The van der Waals surface area contributed by atoms with Gasteiger partial charge in [-0.1, -0.05) is 0 Å². The van der Waals surface area contributed by atoms with Crippen LogP contribution in [0.2, 0.25) is 0 Å². The van der Waals surface area contributed by atoms with Crippen molar-refractivity contribution in [3.05, 3.63) is 23.8 Å². The van der Waals surface area contributed by atoms with Crippen molar-refractivity contribution in [2.75, 3.05) is 31.7 Å². The number of anilines is 1. The molecule has 2 aromatic rings. The molecular weight excluding hydrogens is 328 g/mol. The number of hydrogen-bond donors (Lipinski definition) is 1. The van der Waals surface area contributed by atoms with Crippen LogP contribution in [0.4, 0.5) is 5.13 Å². The highest BCUT2D eigenvalue weighted by Crippen LogP contribution is 2.22. The van der Waals surface area contributed by atoms with Crippen molar-refractivity contribution in [3.8, 4) is 0 Å². The van der Waals surface area contributed by atoms with Crippen LogP contribution < -0.4 is 10.2 Å². The highest BCUT2D eigenvalue weighted by molar-refractivity contribution is 7.09. The van der Waals surface area contributed by atoms with Gasteiger partial charge in [0.2, 0.25) is 5.13 Å². The molecule has 3 rings (SSSR count). The molecule has 24 heavy (non-hydrogen) atoms. The summed E-state index contributed by atoms with van der Waals surface area (Å²) in [6, 6.07) is 1.82. The highest BCUT2D eigenvalue weighted by atomic mass is 32.1. The lowest BCUT2D eigenvalue weighted by molar-refractivity contribution is 0.0927. The summed E-state index contributed by atoms with van der Waals surface area (Å²) in [5, 5.41) is 8.13. The first-order chi connectivity index (χ1) is 11.7. The number of piperidine rings is 1. The summed E-state index contributed by atoms with van der Waals surface area (Å²) in [5.74, 6) is 0.692. The minimum absolute atomic E-state index is 0.0968. The fourth-order valence-corrected chi connectivity index (χ4v) is 3.48. The standard InChI is InChI=1S/C15H22N6O2S/c1-20-8-5-12(18-20)14(22)16-11-4-3-7-21(10-11)15-17-13(19-24-15)6-9-23-2/h5,8,11H,3-4,6-7,9-10H2,1-2H3,(H,16,22). The first-order valence-corrected chi connectivity index (χ1v) is 8.80. The largest absolute Gasteiger partial charge is 0.384 e. The van der Waals surface area contributed by atoms with E-state index < -0.39 is 0 Å². The van der Waals surface area contributed by atoms with Crippen LogP contribution in [0.25, 0.3) is 0 Å². The summed E-state index contributed by atoms with van der Waals surface area (Å²) >= 11 is 1.41. The van der Waals surface area contributed by atoms with Crippen LogP contribution in [-0.4, -0.2) is 57.9 Å². The van der Waals surface area contributed by atoms with Crippen molar-refractivity contribution in [2.24, 2.45) is 7.05 Å². The first kappa shape index (κ1) is 16.8. The number of hydrogen-bond acceptors (Lipinski definition) is 7. The quantitative estimate of drug-likeness (QED) is 0.832. The van der Waals surface area contributed by atoms with Gasteiger partial charge in [-0.05, 0) is 18.9 Å². The maximum atomic E-state index is 12.2. The Balaban J connectivity index is 1.57. The van der Waals surface area contributed by atoms with E-state index in [-0.39, 0.29) is 11.9 Å². The number of carbonyl (C=O) groups excluding carboxylic acids is 1. The molecule has 0 aromatic carbocycles. The number of ether oxygens (including phenoxy) is 1. The molecule has 9 heteroatoms. The van der Waals surface area contributed by atoms with Gasteiger partial charge in [0.15, 0.2) is 0 Å². The minimum Gasteiger partial charge on any atom is -0.384 e. The monoisotopic (exact) mass is 350 g/mol. The Bertz CT molecular complexity index is 685. The summed E-state index contributed by atoms with van der Waals surface area (Å²) in [6.45, 7) is 2.31.